The van der Waals surface area contributed by atoms with Crippen molar-refractivity contribution in [2.24, 2.45) is 5.92 Å². The summed E-state index contributed by atoms with van der Waals surface area (Å²) in [6, 6.07) is 19.9. The minimum atomic E-state index is -0.553. The molecule has 1 fully saturated rings. The molecule has 35 heavy (non-hydrogen) atoms. The van der Waals surface area contributed by atoms with Gasteiger partial charge in [-0.3, -0.25) is 19.2 Å². The number of hydrogen-bond donors (Lipinski definition) is 2. The highest BCUT2D eigenvalue weighted by molar-refractivity contribution is 6.07. The van der Waals surface area contributed by atoms with Gasteiger partial charge in [0, 0.05) is 29.9 Å². The number of carbonyl (C=O) groups is 4. The summed E-state index contributed by atoms with van der Waals surface area (Å²) < 4.78 is 4.52. The van der Waals surface area contributed by atoms with E-state index >= 15 is 0 Å². The molecule has 1 aliphatic rings. The Hall–Kier alpha value is -4.20. The Bertz CT molecular complexity index is 1270. The molecule has 3 aromatic rings. The highest BCUT2D eigenvalue weighted by atomic mass is 16.5. The Balaban J connectivity index is 1.41. The molecule has 8 nitrogen and oxygen atoms in total. The van der Waals surface area contributed by atoms with Crippen LogP contribution in [0.4, 0.5) is 5.69 Å². The van der Waals surface area contributed by atoms with Crippen molar-refractivity contribution >= 4 is 40.2 Å². The van der Waals surface area contributed by atoms with Crippen LogP contribution in [0.15, 0.2) is 66.7 Å². The van der Waals surface area contributed by atoms with Gasteiger partial charge in [-0.2, -0.15) is 0 Å². The molecule has 0 bridgehead atoms. The Morgan fingerprint density at radius 3 is 2.60 bits per heavy atom. The second kappa shape index (κ2) is 10.8. The number of methoxy groups -OCH3 is 1. The maximum Gasteiger partial charge on any atom is 0.325 e. The lowest BCUT2D eigenvalue weighted by molar-refractivity contribution is -0.139. The Morgan fingerprint density at radius 2 is 1.77 bits per heavy atom. The number of nitrogens with zero attached hydrogens (tertiary/aromatic N) is 1. The van der Waals surface area contributed by atoms with Crippen LogP contribution in [0.2, 0.25) is 0 Å². The zero-order chi connectivity index (χ0) is 24.8. The Labute approximate surface area is 203 Å². The first-order chi connectivity index (χ1) is 17.0. The van der Waals surface area contributed by atoms with Crippen LogP contribution in [0.3, 0.4) is 0 Å². The summed E-state index contributed by atoms with van der Waals surface area (Å²) in [6.07, 6.45) is 1.40. The number of fused-ring (bicyclic) bond motifs is 1. The van der Waals surface area contributed by atoms with Crippen LogP contribution in [0.5, 0.6) is 0 Å². The normalized spacial score (nSPS) is 15.3. The molecule has 8 heteroatoms. The number of nitrogens with one attached hydrogen (secondary N) is 2. The number of likely N-dealkylation sites (tertiary alicyclic amines) is 1. The second-order valence-electron chi connectivity index (χ2n) is 8.45. The fraction of sp³-hybridized carbons (Fsp3) is 0.259. The molecule has 3 amide bonds. The summed E-state index contributed by atoms with van der Waals surface area (Å²) >= 11 is 0. The molecule has 3 aromatic carbocycles. The largest absolute Gasteiger partial charge is 0.468 e. The summed E-state index contributed by atoms with van der Waals surface area (Å²) in [4.78, 5) is 51.6. The lowest BCUT2D eigenvalue weighted by Crippen LogP contribution is -2.43. The van der Waals surface area contributed by atoms with E-state index in [1.54, 1.807) is 29.2 Å². The highest BCUT2D eigenvalue weighted by Gasteiger charge is 2.29. The average molecular weight is 474 g/mol. The van der Waals surface area contributed by atoms with Gasteiger partial charge in [-0.1, -0.05) is 42.5 Å². The third-order valence-electron chi connectivity index (χ3n) is 6.11. The van der Waals surface area contributed by atoms with Crippen LogP contribution in [0.25, 0.3) is 10.8 Å². The van der Waals surface area contributed by atoms with Crippen molar-refractivity contribution in [1.82, 2.24) is 10.2 Å². The summed E-state index contributed by atoms with van der Waals surface area (Å²) in [5.74, 6) is -1.64. The minimum absolute atomic E-state index is 0.0800. The van der Waals surface area contributed by atoms with Gasteiger partial charge in [-0.15, -0.1) is 0 Å². The fourth-order valence-corrected chi connectivity index (χ4v) is 4.27. The van der Waals surface area contributed by atoms with Crippen molar-refractivity contribution in [1.29, 1.82) is 0 Å². The number of hydrogen-bond acceptors (Lipinski definition) is 5. The standard InChI is InChI=1S/C27H27N3O5/c1-35-24(31)16-28-25(32)19-9-4-11-21(15-19)29-26(33)20-10-6-14-30(17-20)27(34)23-13-5-8-18-7-2-3-12-22(18)23/h2-5,7-9,11-13,15,20H,6,10,14,16-17H2,1H3,(H,28,32)(H,29,33). The second-order valence-corrected chi connectivity index (χ2v) is 8.45. The first-order valence-corrected chi connectivity index (χ1v) is 11.5. The molecule has 180 valence electrons. The fourth-order valence-electron chi connectivity index (χ4n) is 4.27. The molecule has 1 heterocycles. The van der Waals surface area contributed by atoms with E-state index in [-0.39, 0.29) is 24.3 Å². The summed E-state index contributed by atoms with van der Waals surface area (Å²) in [7, 11) is 1.24. The lowest BCUT2D eigenvalue weighted by atomic mass is 9.95. The van der Waals surface area contributed by atoms with Crippen molar-refractivity contribution in [3.63, 3.8) is 0 Å². The number of anilines is 1. The highest BCUT2D eigenvalue weighted by Crippen LogP contribution is 2.24. The van der Waals surface area contributed by atoms with E-state index in [9.17, 15) is 19.2 Å². The zero-order valence-corrected chi connectivity index (χ0v) is 19.5. The number of ether oxygens (including phenoxy) is 1. The van der Waals surface area contributed by atoms with Gasteiger partial charge in [0.05, 0.1) is 13.0 Å². The van der Waals surface area contributed by atoms with Crippen LogP contribution < -0.4 is 10.6 Å². The van der Waals surface area contributed by atoms with E-state index < -0.39 is 11.9 Å². The SMILES string of the molecule is COC(=O)CNC(=O)c1cccc(NC(=O)C2CCCN(C(=O)c3cccc4ccccc34)C2)c1. The molecular weight excluding hydrogens is 446 g/mol. The third-order valence-corrected chi connectivity index (χ3v) is 6.11. The first kappa shape index (κ1) is 23.9. The molecule has 0 saturated carbocycles. The van der Waals surface area contributed by atoms with Gasteiger partial charge in [0.2, 0.25) is 5.91 Å². The average Bonchev–Trinajstić information content (AvgIpc) is 2.91. The van der Waals surface area contributed by atoms with Gasteiger partial charge >= 0.3 is 5.97 Å². The van der Waals surface area contributed by atoms with Crippen molar-refractivity contribution in [3.8, 4) is 0 Å². The monoisotopic (exact) mass is 473 g/mol. The quantitative estimate of drug-likeness (QED) is 0.535. The maximum atomic E-state index is 13.3. The van der Waals surface area contributed by atoms with Gasteiger partial charge < -0.3 is 20.3 Å². The van der Waals surface area contributed by atoms with E-state index in [1.165, 1.54) is 7.11 Å². The van der Waals surface area contributed by atoms with Crippen molar-refractivity contribution in [2.45, 2.75) is 12.8 Å². The van der Waals surface area contributed by atoms with E-state index in [0.717, 1.165) is 17.2 Å². The maximum absolute atomic E-state index is 13.3. The van der Waals surface area contributed by atoms with Crippen LogP contribution >= 0.6 is 0 Å². The van der Waals surface area contributed by atoms with Crippen molar-refractivity contribution < 1.29 is 23.9 Å². The zero-order valence-electron chi connectivity index (χ0n) is 19.5. The van der Waals surface area contributed by atoms with Gasteiger partial charge in [0.1, 0.15) is 6.54 Å². The molecule has 1 saturated heterocycles. The molecule has 0 aliphatic carbocycles. The molecule has 0 spiro atoms. The number of piperidine rings is 1. The van der Waals surface area contributed by atoms with Gasteiger partial charge in [0.15, 0.2) is 0 Å². The smallest absolute Gasteiger partial charge is 0.325 e. The Morgan fingerprint density at radius 1 is 1.00 bits per heavy atom. The van der Waals surface area contributed by atoms with E-state index in [2.05, 4.69) is 15.4 Å². The van der Waals surface area contributed by atoms with Crippen LogP contribution in [0.1, 0.15) is 33.6 Å². The van der Waals surface area contributed by atoms with Gasteiger partial charge in [-0.05, 0) is 47.9 Å². The minimum Gasteiger partial charge on any atom is -0.468 e. The van der Waals surface area contributed by atoms with Crippen molar-refractivity contribution in [3.05, 3.63) is 77.9 Å². The molecule has 2 N–H and O–H groups in total. The van der Waals surface area contributed by atoms with E-state index in [4.69, 9.17) is 0 Å². The molecule has 1 atom stereocenters. The Kier molecular flexibility index (Phi) is 7.40. The molecule has 4 rings (SSSR count). The number of amides is 3. The first-order valence-electron chi connectivity index (χ1n) is 11.5. The van der Waals surface area contributed by atoms with Gasteiger partial charge in [-0.25, -0.2) is 0 Å². The molecule has 1 aliphatic heterocycles. The van der Waals surface area contributed by atoms with Gasteiger partial charge in [0.25, 0.3) is 11.8 Å². The number of rotatable bonds is 6. The number of carbonyl (C=O) groups excluding carboxylic acids is 4. The van der Waals surface area contributed by atoms with E-state index in [0.29, 0.717) is 36.3 Å². The van der Waals surface area contributed by atoms with Crippen LogP contribution in [-0.4, -0.2) is 55.3 Å². The van der Waals surface area contributed by atoms with E-state index in [1.807, 2.05) is 42.5 Å². The molecule has 0 aromatic heterocycles. The predicted octanol–water partition coefficient (Wildman–Crippen LogP) is 3.23. The number of esters is 1. The van der Waals surface area contributed by atoms with Crippen LogP contribution in [-0.2, 0) is 14.3 Å². The number of benzene rings is 3. The lowest BCUT2D eigenvalue weighted by Gasteiger charge is -2.32. The summed E-state index contributed by atoms with van der Waals surface area (Å²) in [5.41, 5.74) is 1.41. The molecule has 1 unspecified atom stereocenters. The molecule has 0 radical (unpaired) electrons. The third kappa shape index (κ3) is 5.66. The molecular formula is C27H27N3O5. The van der Waals surface area contributed by atoms with Crippen molar-refractivity contribution in [2.75, 3.05) is 32.1 Å². The predicted molar refractivity (Wildman–Crippen MR) is 132 cm³/mol. The summed E-state index contributed by atoms with van der Waals surface area (Å²) in [6.45, 7) is 0.684. The van der Waals surface area contributed by atoms with Crippen LogP contribution in [0, 0.1) is 5.92 Å². The topological polar surface area (TPSA) is 105 Å². The summed E-state index contributed by atoms with van der Waals surface area (Å²) in [5, 5.41) is 7.23.